The van der Waals surface area contributed by atoms with Crippen LogP contribution in [0.25, 0.3) is 17.3 Å². The molecule has 0 aliphatic carbocycles. The molecular weight excluding hydrogens is 411 g/mol. The zero-order chi connectivity index (χ0) is 23.4. The van der Waals surface area contributed by atoms with E-state index in [0.29, 0.717) is 28.6 Å². The van der Waals surface area contributed by atoms with Crippen molar-refractivity contribution in [3.8, 4) is 11.3 Å². The van der Waals surface area contributed by atoms with Crippen LogP contribution in [0.4, 0.5) is 10.2 Å². The SMILES string of the molecule is Cc1nc(-c2ccc(F)cc2)c(C(=N)/C=C\c2ncc(NC(=O)C(=N)C(C)CN)[nH]2)n1C. The molecule has 10 heteroatoms. The van der Waals surface area contributed by atoms with Gasteiger partial charge in [-0.15, -0.1) is 0 Å². The first-order valence-corrected chi connectivity index (χ1v) is 9.92. The van der Waals surface area contributed by atoms with Gasteiger partial charge in [0.2, 0.25) is 0 Å². The van der Waals surface area contributed by atoms with Crippen LogP contribution < -0.4 is 11.1 Å². The van der Waals surface area contributed by atoms with Crippen molar-refractivity contribution in [3.05, 3.63) is 59.7 Å². The largest absolute Gasteiger partial charge is 0.330 e. The summed E-state index contributed by atoms with van der Waals surface area (Å²) in [5, 5.41) is 18.9. The fraction of sp³-hybridized carbons (Fsp3) is 0.227. The number of nitrogens with one attached hydrogen (secondary N) is 4. The zero-order valence-electron chi connectivity index (χ0n) is 18.0. The minimum Gasteiger partial charge on any atom is -0.330 e. The number of H-pyrrole nitrogens is 1. The van der Waals surface area contributed by atoms with Crippen LogP contribution in [0.15, 0.2) is 36.5 Å². The maximum absolute atomic E-state index is 13.3. The van der Waals surface area contributed by atoms with E-state index in [-0.39, 0.29) is 29.7 Å². The molecule has 1 unspecified atom stereocenters. The summed E-state index contributed by atoms with van der Waals surface area (Å²) in [7, 11) is 1.81. The van der Waals surface area contributed by atoms with E-state index in [1.54, 1.807) is 35.8 Å². The van der Waals surface area contributed by atoms with Crippen molar-refractivity contribution in [1.29, 1.82) is 10.8 Å². The number of halogens is 1. The minimum atomic E-state index is -0.552. The van der Waals surface area contributed by atoms with E-state index in [9.17, 15) is 9.18 Å². The average Bonchev–Trinajstić information content (AvgIpc) is 3.35. The van der Waals surface area contributed by atoms with Crippen molar-refractivity contribution in [3.63, 3.8) is 0 Å². The highest BCUT2D eigenvalue weighted by Gasteiger charge is 2.18. The molecule has 1 amide bonds. The molecule has 3 aromatic rings. The van der Waals surface area contributed by atoms with Gasteiger partial charge in [0.25, 0.3) is 5.91 Å². The van der Waals surface area contributed by atoms with Crippen molar-refractivity contribution in [1.82, 2.24) is 19.5 Å². The van der Waals surface area contributed by atoms with Gasteiger partial charge in [-0.25, -0.2) is 14.4 Å². The molecule has 0 saturated heterocycles. The molecule has 2 heterocycles. The number of hydrogen-bond donors (Lipinski definition) is 5. The van der Waals surface area contributed by atoms with Crippen molar-refractivity contribution in [2.24, 2.45) is 18.7 Å². The van der Waals surface area contributed by atoms with Crippen LogP contribution >= 0.6 is 0 Å². The number of aromatic nitrogens is 4. The lowest BCUT2D eigenvalue weighted by atomic mass is 10.1. The quantitative estimate of drug-likeness (QED) is 0.345. The van der Waals surface area contributed by atoms with Gasteiger partial charge in [-0.05, 0) is 43.3 Å². The maximum Gasteiger partial charge on any atom is 0.270 e. The molecule has 9 nitrogen and oxygen atoms in total. The Hall–Kier alpha value is -3.92. The second kappa shape index (κ2) is 9.48. The van der Waals surface area contributed by atoms with E-state index in [4.69, 9.17) is 16.6 Å². The van der Waals surface area contributed by atoms with E-state index in [1.165, 1.54) is 18.3 Å². The van der Waals surface area contributed by atoms with Crippen molar-refractivity contribution in [2.45, 2.75) is 13.8 Å². The first kappa shape index (κ1) is 22.8. The molecule has 0 fully saturated rings. The highest BCUT2D eigenvalue weighted by molar-refractivity contribution is 6.42. The second-order valence-corrected chi connectivity index (χ2v) is 7.36. The monoisotopic (exact) mass is 436 g/mol. The number of anilines is 1. The van der Waals surface area contributed by atoms with E-state index in [1.807, 2.05) is 14.0 Å². The van der Waals surface area contributed by atoms with Gasteiger partial charge in [0.1, 0.15) is 29.0 Å². The molecule has 0 aliphatic heterocycles. The third-order valence-electron chi connectivity index (χ3n) is 5.03. The van der Waals surface area contributed by atoms with Gasteiger partial charge in [0, 0.05) is 25.1 Å². The summed E-state index contributed by atoms with van der Waals surface area (Å²) in [5.74, 6) is 0.227. The van der Waals surface area contributed by atoms with Crippen LogP contribution in [-0.2, 0) is 11.8 Å². The Morgan fingerprint density at radius 1 is 1.34 bits per heavy atom. The molecule has 6 N–H and O–H groups in total. The van der Waals surface area contributed by atoms with Gasteiger partial charge in [0.15, 0.2) is 0 Å². The lowest BCUT2D eigenvalue weighted by molar-refractivity contribution is -0.110. The fourth-order valence-corrected chi connectivity index (χ4v) is 2.99. The third kappa shape index (κ3) is 4.86. The maximum atomic E-state index is 13.3. The van der Waals surface area contributed by atoms with E-state index in [2.05, 4.69) is 20.3 Å². The van der Waals surface area contributed by atoms with E-state index >= 15 is 0 Å². The fourth-order valence-electron chi connectivity index (χ4n) is 2.99. The molecule has 0 radical (unpaired) electrons. The highest BCUT2D eigenvalue weighted by atomic mass is 19.1. The number of nitrogens with zero attached hydrogens (tertiary/aromatic N) is 3. The summed E-state index contributed by atoms with van der Waals surface area (Å²) in [5.41, 5.74) is 7.45. The van der Waals surface area contributed by atoms with Gasteiger partial charge in [0.05, 0.1) is 23.3 Å². The number of imidazole rings is 2. The van der Waals surface area contributed by atoms with Crippen LogP contribution in [0.1, 0.15) is 24.3 Å². The van der Waals surface area contributed by atoms with Gasteiger partial charge in [-0.1, -0.05) is 6.92 Å². The Morgan fingerprint density at radius 2 is 2.03 bits per heavy atom. The van der Waals surface area contributed by atoms with Crippen molar-refractivity contribution in [2.75, 3.05) is 11.9 Å². The van der Waals surface area contributed by atoms with Gasteiger partial charge in [-0.2, -0.15) is 0 Å². The molecule has 1 aromatic carbocycles. The summed E-state index contributed by atoms with van der Waals surface area (Å²) in [6, 6.07) is 5.97. The first-order chi connectivity index (χ1) is 15.2. The Morgan fingerprint density at radius 3 is 2.69 bits per heavy atom. The first-order valence-electron chi connectivity index (χ1n) is 9.92. The Labute approximate surface area is 184 Å². The van der Waals surface area contributed by atoms with Crippen LogP contribution in [0.2, 0.25) is 0 Å². The number of allylic oxidation sites excluding steroid dienone is 1. The molecule has 32 heavy (non-hydrogen) atoms. The lowest BCUT2D eigenvalue weighted by Crippen LogP contribution is -2.31. The van der Waals surface area contributed by atoms with Crippen molar-refractivity contribution < 1.29 is 9.18 Å². The molecule has 2 aromatic heterocycles. The predicted octanol–water partition coefficient (Wildman–Crippen LogP) is 2.89. The Balaban J connectivity index is 1.77. The minimum absolute atomic E-state index is 0.110. The summed E-state index contributed by atoms with van der Waals surface area (Å²) >= 11 is 0. The standard InChI is InChI=1S/C22H25FN8O/c1-12(10-24)19(26)22(32)30-18-11-27-17(29-18)9-8-16(25)21-20(28-13(2)31(21)3)14-4-6-15(23)7-5-14/h4-9,11-12,25-26H,10,24H2,1-3H3,(H,27,29)(H,30,32)/b9-8-,25-16?,26-19?. The van der Waals surface area contributed by atoms with Gasteiger partial charge < -0.3 is 20.6 Å². The molecular formula is C22H25FN8O. The Kier molecular flexibility index (Phi) is 6.74. The number of aryl methyl sites for hydroxylation is 1. The van der Waals surface area contributed by atoms with Crippen LogP contribution in [0.5, 0.6) is 0 Å². The third-order valence-corrected chi connectivity index (χ3v) is 5.03. The van der Waals surface area contributed by atoms with E-state index in [0.717, 1.165) is 5.82 Å². The van der Waals surface area contributed by atoms with Crippen LogP contribution in [0, 0.1) is 29.5 Å². The number of hydrogen-bond acceptors (Lipinski definition) is 6. The number of amides is 1. The Bertz CT molecular complexity index is 1190. The van der Waals surface area contributed by atoms with Crippen molar-refractivity contribution >= 4 is 29.2 Å². The zero-order valence-corrected chi connectivity index (χ0v) is 18.0. The average molecular weight is 436 g/mol. The summed E-state index contributed by atoms with van der Waals surface area (Å²) in [6.07, 6.45) is 4.59. The lowest BCUT2D eigenvalue weighted by Gasteiger charge is -2.09. The predicted molar refractivity (Wildman–Crippen MR) is 122 cm³/mol. The van der Waals surface area contributed by atoms with Crippen LogP contribution in [-0.4, -0.2) is 43.4 Å². The van der Waals surface area contributed by atoms with Gasteiger partial charge in [-0.3, -0.25) is 15.6 Å². The summed E-state index contributed by atoms with van der Waals surface area (Å²) in [4.78, 5) is 23.7. The number of rotatable bonds is 8. The smallest absolute Gasteiger partial charge is 0.270 e. The van der Waals surface area contributed by atoms with Gasteiger partial charge >= 0.3 is 0 Å². The number of benzene rings is 1. The number of carbonyl (C=O) groups is 1. The highest BCUT2D eigenvalue weighted by Crippen LogP contribution is 2.24. The molecule has 1 atom stereocenters. The topological polar surface area (TPSA) is 149 Å². The molecule has 166 valence electrons. The molecule has 0 saturated carbocycles. The number of carbonyl (C=O) groups excluding carboxylic acids is 1. The molecule has 0 aliphatic rings. The summed E-state index contributed by atoms with van der Waals surface area (Å²) in [6.45, 7) is 3.74. The van der Waals surface area contributed by atoms with Crippen LogP contribution in [0.3, 0.4) is 0 Å². The molecule has 0 spiro atoms. The molecule has 0 bridgehead atoms. The number of aromatic amines is 1. The normalized spacial score (nSPS) is 12.2. The second-order valence-electron chi connectivity index (χ2n) is 7.36. The molecule has 3 rings (SSSR count). The number of nitrogens with two attached hydrogens (primary N) is 1. The summed E-state index contributed by atoms with van der Waals surface area (Å²) < 4.78 is 15.1. The van der Waals surface area contributed by atoms with E-state index < -0.39 is 5.91 Å².